The van der Waals surface area contributed by atoms with Crippen molar-refractivity contribution in [2.75, 3.05) is 31.1 Å². The van der Waals surface area contributed by atoms with Crippen molar-refractivity contribution in [3.8, 4) is 5.75 Å². The molecule has 1 aliphatic rings. The fraction of sp³-hybridized carbons (Fsp3) is 0.318. The number of carbonyl (C=O) groups excluding carboxylic acids is 1. The maximum atomic E-state index is 12.7. The second-order valence-corrected chi connectivity index (χ2v) is 7.58. The Balaban J connectivity index is 1.31. The van der Waals surface area contributed by atoms with Gasteiger partial charge in [-0.05, 0) is 49.0 Å². The van der Waals surface area contributed by atoms with Crippen molar-refractivity contribution in [2.24, 2.45) is 0 Å². The van der Waals surface area contributed by atoms with Gasteiger partial charge in [0.2, 0.25) is 5.91 Å². The van der Waals surface area contributed by atoms with E-state index in [1.165, 1.54) is 10.4 Å². The van der Waals surface area contributed by atoms with Gasteiger partial charge < -0.3 is 19.0 Å². The predicted molar refractivity (Wildman–Crippen MR) is 116 cm³/mol. The Bertz CT molecular complexity index is 1060. The molecule has 1 fully saturated rings. The summed E-state index contributed by atoms with van der Waals surface area (Å²) in [5, 5.41) is 4.31. The van der Waals surface area contributed by atoms with Crippen LogP contribution in [-0.4, -0.2) is 46.8 Å². The standard InChI is InChI=1S/C22H24N4O3S/c1-17-6-5-9-19(14-17)28-16-20-23-26(22(30)29-20)15-21(27)25-12-10-24(11-13-25)18-7-3-2-4-8-18/h2-9,14H,10-13,15-16H2,1H3. The number of para-hydroxylation sites is 1. The largest absolute Gasteiger partial charge is 0.484 e. The molecule has 0 atom stereocenters. The highest BCUT2D eigenvalue weighted by atomic mass is 32.1. The highest BCUT2D eigenvalue weighted by molar-refractivity contribution is 7.71. The SMILES string of the molecule is Cc1cccc(OCc2nn(CC(=O)N3CCN(c4ccccc4)CC3)c(=S)o2)c1. The number of rotatable bonds is 6. The first-order valence-corrected chi connectivity index (χ1v) is 10.3. The van der Waals surface area contributed by atoms with Gasteiger partial charge in [0.25, 0.3) is 10.7 Å². The Morgan fingerprint density at radius 3 is 2.60 bits per heavy atom. The van der Waals surface area contributed by atoms with Crippen LogP contribution >= 0.6 is 12.2 Å². The molecule has 0 spiro atoms. The highest BCUT2D eigenvalue weighted by Crippen LogP contribution is 2.16. The van der Waals surface area contributed by atoms with E-state index in [9.17, 15) is 4.79 Å². The summed E-state index contributed by atoms with van der Waals surface area (Å²) in [5.74, 6) is 1.07. The molecular weight excluding hydrogens is 400 g/mol. The molecular formula is C22H24N4O3S. The number of amides is 1. The van der Waals surface area contributed by atoms with Crippen LogP contribution in [-0.2, 0) is 17.9 Å². The van der Waals surface area contributed by atoms with Crippen LogP contribution in [0.25, 0.3) is 0 Å². The molecule has 30 heavy (non-hydrogen) atoms. The summed E-state index contributed by atoms with van der Waals surface area (Å²) in [6.07, 6.45) is 0. The number of nitrogens with zero attached hydrogens (tertiary/aromatic N) is 4. The van der Waals surface area contributed by atoms with E-state index < -0.39 is 0 Å². The van der Waals surface area contributed by atoms with Gasteiger partial charge in [0.05, 0.1) is 0 Å². The third kappa shape index (κ3) is 4.88. The highest BCUT2D eigenvalue weighted by Gasteiger charge is 2.22. The molecule has 0 N–H and O–H groups in total. The van der Waals surface area contributed by atoms with E-state index in [2.05, 4.69) is 22.1 Å². The number of piperazine rings is 1. The smallest absolute Gasteiger partial charge is 0.287 e. The lowest BCUT2D eigenvalue weighted by Gasteiger charge is -2.36. The quantitative estimate of drug-likeness (QED) is 0.565. The summed E-state index contributed by atoms with van der Waals surface area (Å²) >= 11 is 5.23. The fourth-order valence-electron chi connectivity index (χ4n) is 3.44. The van der Waals surface area contributed by atoms with Crippen LogP contribution < -0.4 is 9.64 Å². The summed E-state index contributed by atoms with van der Waals surface area (Å²) in [7, 11) is 0. The van der Waals surface area contributed by atoms with Gasteiger partial charge in [-0.15, -0.1) is 5.10 Å². The molecule has 156 valence electrons. The zero-order chi connectivity index (χ0) is 20.9. The van der Waals surface area contributed by atoms with Crippen LogP contribution in [0.3, 0.4) is 0 Å². The van der Waals surface area contributed by atoms with Crippen LogP contribution in [0.5, 0.6) is 5.75 Å². The van der Waals surface area contributed by atoms with Crippen LogP contribution in [0, 0.1) is 11.8 Å². The third-order valence-electron chi connectivity index (χ3n) is 5.04. The molecule has 0 unspecified atom stereocenters. The number of carbonyl (C=O) groups is 1. The zero-order valence-corrected chi connectivity index (χ0v) is 17.7. The molecule has 4 rings (SSSR count). The number of benzene rings is 2. The Kier molecular flexibility index (Phi) is 6.13. The number of anilines is 1. The Labute approximate surface area is 180 Å². The second kappa shape index (κ2) is 9.13. The van der Waals surface area contributed by atoms with Crippen molar-refractivity contribution in [1.29, 1.82) is 0 Å². The van der Waals surface area contributed by atoms with Gasteiger partial charge in [0.15, 0.2) is 6.61 Å². The topological polar surface area (TPSA) is 63.7 Å². The van der Waals surface area contributed by atoms with Gasteiger partial charge in [-0.2, -0.15) is 0 Å². The lowest BCUT2D eigenvalue weighted by molar-refractivity contribution is -0.132. The molecule has 1 aliphatic heterocycles. The average Bonchev–Trinajstić information content (AvgIpc) is 3.12. The minimum atomic E-state index is -0.0155. The molecule has 2 heterocycles. The van der Waals surface area contributed by atoms with E-state index in [0.717, 1.165) is 24.4 Å². The summed E-state index contributed by atoms with van der Waals surface area (Å²) < 4.78 is 12.6. The first-order chi connectivity index (χ1) is 14.6. The molecule has 0 saturated carbocycles. The Morgan fingerprint density at radius 1 is 1.10 bits per heavy atom. The average molecular weight is 425 g/mol. The van der Waals surface area contributed by atoms with E-state index >= 15 is 0 Å². The molecule has 1 saturated heterocycles. The van der Waals surface area contributed by atoms with Gasteiger partial charge in [-0.3, -0.25) is 4.79 Å². The Hall–Kier alpha value is -3.13. The van der Waals surface area contributed by atoms with Gasteiger partial charge in [-0.1, -0.05) is 30.3 Å². The van der Waals surface area contributed by atoms with Crippen molar-refractivity contribution >= 4 is 23.8 Å². The van der Waals surface area contributed by atoms with Gasteiger partial charge in [0, 0.05) is 31.9 Å². The number of aryl methyl sites for hydroxylation is 1. The van der Waals surface area contributed by atoms with Crippen LogP contribution in [0.2, 0.25) is 0 Å². The second-order valence-electron chi connectivity index (χ2n) is 7.23. The molecule has 8 heteroatoms. The number of aromatic nitrogens is 2. The number of ether oxygens (including phenoxy) is 1. The summed E-state index contributed by atoms with van der Waals surface area (Å²) in [6, 6.07) is 18.0. The number of hydrogen-bond acceptors (Lipinski definition) is 6. The van der Waals surface area contributed by atoms with E-state index in [-0.39, 0.29) is 23.9 Å². The summed E-state index contributed by atoms with van der Waals surface area (Å²) in [5.41, 5.74) is 2.29. The molecule has 7 nitrogen and oxygen atoms in total. The van der Waals surface area contributed by atoms with Crippen molar-refractivity contribution in [3.63, 3.8) is 0 Å². The van der Waals surface area contributed by atoms with Crippen LogP contribution in [0.15, 0.2) is 59.0 Å². The first-order valence-electron chi connectivity index (χ1n) is 9.92. The summed E-state index contributed by atoms with van der Waals surface area (Å²) in [6.45, 7) is 5.16. The number of hydrogen-bond donors (Lipinski definition) is 0. The normalized spacial score (nSPS) is 14.0. The van der Waals surface area contributed by atoms with E-state index in [1.807, 2.05) is 54.3 Å². The zero-order valence-electron chi connectivity index (χ0n) is 16.9. The minimum Gasteiger partial charge on any atom is -0.484 e. The van der Waals surface area contributed by atoms with E-state index in [4.69, 9.17) is 21.4 Å². The molecule has 1 aromatic heterocycles. The predicted octanol–water partition coefficient (Wildman–Crippen LogP) is 3.44. The van der Waals surface area contributed by atoms with Crippen molar-refractivity contribution in [2.45, 2.75) is 20.1 Å². The monoisotopic (exact) mass is 424 g/mol. The molecule has 0 radical (unpaired) electrons. The van der Waals surface area contributed by atoms with Crippen molar-refractivity contribution in [1.82, 2.24) is 14.7 Å². The van der Waals surface area contributed by atoms with Crippen LogP contribution in [0.4, 0.5) is 5.69 Å². The van der Waals surface area contributed by atoms with E-state index in [1.54, 1.807) is 0 Å². The van der Waals surface area contributed by atoms with Gasteiger partial charge >= 0.3 is 0 Å². The Morgan fingerprint density at radius 2 is 1.87 bits per heavy atom. The molecule has 1 amide bonds. The van der Waals surface area contributed by atoms with E-state index in [0.29, 0.717) is 19.0 Å². The maximum absolute atomic E-state index is 12.7. The lowest BCUT2D eigenvalue weighted by atomic mass is 10.2. The summed E-state index contributed by atoms with van der Waals surface area (Å²) in [4.78, 5) is 17.0. The molecule has 2 aromatic carbocycles. The molecule has 0 bridgehead atoms. The minimum absolute atomic E-state index is 0.0155. The maximum Gasteiger partial charge on any atom is 0.287 e. The van der Waals surface area contributed by atoms with Crippen molar-refractivity contribution in [3.05, 3.63) is 70.9 Å². The van der Waals surface area contributed by atoms with Crippen molar-refractivity contribution < 1.29 is 13.9 Å². The fourth-order valence-corrected chi connectivity index (χ4v) is 3.64. The molecule has 0 aliphatic carbocycles. The van der Waals surface area contributed by atoms with Crippen LogP contribution in [0.1, 0.15) is 11.5 Å². The third-order valence-corrected chi connectivity index (χ3v) is 5.33. The van der Waals surface area contributed by atoms with Gasteiger partial charge in [-0.25, -0.2) is 4.68 Å². The first kappa shape index (κ1) is 20.2. The lowest BCUT2D eigenvalue weighted by Crippen LogP contribution is -2.49. The van der Waals surface area contributed by atoms with Gasteiger partial charge in [0.1, 0.15) is 12.3 Å². The molecule has 3 aromatic rings.